The van der Waals surface area contributed by atoms with Gasteiger partial charge in [-0.05, 0) is 6.42 Å². The molecule has 3 rings (SSSR count). The molecular weight excluding hydrogens is 284 g/mol. The third-order valence-corrected chi connectivity index (χ3v) is 5.62. The third-order valence-electron chi connectivity index (χ3n) is 3.68. The Balaban J connectivity index is 1.76. The van der Waals surface area contributed by atoms with Crippen LogP contribution in [0.3, 0.4) is 0 Å². The van der Waals surface area contributed by atoms with Gasteiger partial charge in [0.1, 0.15) is 5.82 Å². The topological polar surface area (TPSA) is 104 Å². The van der Waals surface area contributed by atoms with E-state index in [1.54, 1.807) is 4.31 Å². The van der Waals surface area contributed by atoms with Gasteiger partial charge in [-0.25, -0.2) is 23.2 Å². The van der Waals surface area contributed by atoms with E-state index in [0.29, 0.717) is 31.9 Å². The minimum absolute atomic E-state index is 0.0188. The van der Waals surface area contributed by atoms with E-state index < -0.39 is 16.0 Å². The Morgan fingerprint density at radius 2 is 2.10 bits per heavy atom. The summed E-state index contributed by atoms with van der Waals surface area (Å²) in [6, 6.07) is -0.0188. The number of carboxylic acid groups (broad SMARTS) is 1. The summed E-state index contributed by atoms with van der Waals surface area (Å²) in [7, 11) is -3.08. The van der Waals surface area contributed by atoms with Crippen molar-refractivity contribution in [1.29, 1.82) is 0 Å². The summed E-state index contributed by atoms with van der Waals surface area (Å²) in [6.07, 6.45) is 3.26. The predicted molar refractivity (Wildman–Crippen MR) is 70.1 cm³/mol. The Kier molecular flexibility index (Phi) is 3.09. The lowest BCUT2D eigenvalue weighted by atomic mass is 10.1. The van der Waals surface area contributed by atoms with Gasteiger partial charge in [0, 0.05) is 25.7 Å². The van der Waals surface area contributed by atoms with Gasteiger partial charge < -0.3 is 10.0 Å². The van der Waals surface area contributed by atoms with Crippen LogP contribution in [-0.4, -0.2) is 65.2 Å². The molecule has 2 aliphatic heterocycles. The van der Waals surface area contributed by atoms with Crippen LogP contribution in [0.25, 0.3) is 0 Å². The smallest absolute Gasteiger partial charge is 0.356 e. The van der Waals surface area contributed by atoms with Crippen molar-refractivity contribution in [2.45, 2.75) is 12.5 Å². The molecule has 0 spiro atoms. The minimum Gasteiger partial charge on any atom is -0.476 e. The van der Waals surface area contributed by atoms with Crippen LogP contribution in [0, 0.1) is 0 Å². The average molecular weight is 298 g/mol. The van der Waals surface area contributed by atoms with Crippen molar-refractivity contribution in [2.75, 3.05) is 30.3 Å². The van der Waals surface area contributed by atoms with Crippen LogP contribution in [-0.2, 0) is 10.0 Å². The fourth-order valence-corrected chi connectivity index (χ4v) is 4.44. The molecule has 1 aromatic heterocycles. The molecule has 0 aromatic carbocycles. The monoisotopic (exact) mass is 298 g/mol. The Labute approximate surface area is 116 Å². The lowest BCUT2D eigenvalue weighted by Gasteiger charge is -2.36. The highest BCUT2D eigenvalue weighted by molar-refractivity contribution is 7.89. The molecule has 9 heteroatoms. The van der Waals surface area contributed by atoms with E-state index in [9.17, 15) is 13.2 Å². The van der Waals surface area contributed by atoms with Gasteiger partial charge in [-0.1, -0.05) is 0 Å². The first-order valence-electron chi connectivity index (χ1n) is 6.27. The number of piperazine rings is 1. The number of carbonyl (C=O) groups is 1. The van der Waals surface area contributed by atoms with Crippen molar-refractivity contribution in [3.05, 3.63) is 18.1 Å². The zero-order chi connectivity index (χ0) is 14.3. The summed E-state index contributed by atoms with van der Waals surface area (Å²) in [5.41, 5.74) is -0.101. The molecule has 0 radical (unpaired) electrons. The van der Waals surface area contributed by atoms with E-state index in [2.05, 4.69) is 9.97 Å². The van der Waals surface area contributed by atoms with Gasteiger partial charge in [0.25, 0.3) is 0 Å². The van der Waals surface area contributed by atoms with Crippen molar-refractivity contribution < 1.29 is 18.3 Å². The van der Waals surface area contributed by atoms with Crippen LogP contribution in [0.5, 0.6) is 0 Å². The average Bonchev–Trinajstić information content (AvgIpc) is 2.74. The molecule has 2 fully saturated rings. The Hall–Kier alpha value is -1.74. The molecule has 1 aromatic rings. The molecule has 1 unspecified atom stereocenters. The van der Waals surface area contributed by atoms with Crippen LogP contribution in [0.4, 0.5) is 5.82 Å². The maximum Gasteiger partial charge on any atom is 0.356 e. The summed E-state index contributed by atoms with van der Waals surface area (Å²) in [6.45, 7) is 1.55. The standard InChI is InChI=1S/C11H14N4O4S/c16-11(17)9-5-13-10(6-12-9)14-2-3-15-8(7-14)1-4-20(15,18)19/h5-6,8H,1-4,7H2,(H,16,17). The van der Waals surface area contributed by atoms with Gasteiger partial charge in [-0.15, -0.1) is 0 Å². The summed E-state index contributed by atoms with van der Waals surface area (Å²) in [5.74, 6) is -0.329. The molecule has 0 bridgehead atoms. The van der Waals surface area contributed by atoms with E-state index >= 15 is 0 Å². The van der Waals surface area contributed by atoms with Crippen LogP contribution in [0.1, 0.15) is 16.9 Å². The Bertz CT molecular complexity index is 630. The Morgan fingerprint density at radius 1 is 1.30 bits per heavy atom. The lowest BCUT2D eigenvalue weighted by molar-refractivity contribution is 0.0690. The van der Waals surface area contributed by atoms with Crippen molar-refractivity contribution in [3.8, 4) is 0 Å². The predicted octanol–water partition coefficient (Wildman–Crippen LogP) is -0.601. The molecular formula is C11H14N4O4S. The van der Waals surface area contributed by atoms with Gasteiger partial charge in [0.05, 0.1) is 18.1 Å². The summed E-state index contributed by atoms with van der Waals surface area (Å²) < 4.78 is 25.1. The maximum atomic E-state index is 11.8. The normalized spacial score (nSPS) is 25.4. The summed E-state index contributed by atoms with van der Waals surface area (Å²) >= 11 is 0. The highest BCUT2D eigenvalue weighted by Gasteiger charge is 2.41. The molecule has 1 atom stereocenters. The van der Waals surface area contributed by atoms with Gasteiger partial charge >= 0.3 is 5.97 Å². The minimum atomic E-state index is -3.08. The number of carboxylic acids is 1. The molecule has 8 nitrogen and oxygen atoms in total. The highest BCUT2D eigenvalue weighted by Crippen LogP contribution is 2.26. The molecule has 0 amide bonds. The van der Waals surface area contributed by atoms with Crippen molar-refractivity contribution in [2.24, 2.45) is 0 Å². The molecule has 1 N–H and O–H groups in total. The fourth-order valence-electron chi connectivity index (χ4n) is 2.65. The van der Waals surface area contributed by atoms with Crippen LogP contribution in [0.15, 0.2) is 12.4 Å². The second-order valence-corrected chi connectivity index (χ2v) is 6.92. The number of hydrogen-bond donors (Lipinski definition) is 1. The van der Waals surface area contributed by atoms with E-state index in [-0.39, 0.29) is 17.5 Å². The number of hydrogen-bond acceptors (Lipinski definition) is 6. The van der Waals surface area contributed by atoms with Crippen molar-refractivity contribution >= 4 is 21.8 Å². The van der Waals surface area contributed by atoms with Crippen LogP contribution >= 0.6 is 0 Å². The molecule has 3 heterocycles. The molecule has 0 aliphatic carbocycles. The quantitative estimate of drug-likeness (QED) is 0.777. The van der Waals surface area contributed by atoms with Crippen LogP contribution < -0.4 is 4.90 Å². The first-order chi connectivity index (χ1) is 9.47. The van der Waals surface area contributed by atoms with Crippen molar-refractivity contribution in [3.63, 3.8) is 0 Å². The number of nitrogens with zero attached hydrogens (tertiary/aromatic N) is 4. The second-order valence-electron chi connectivity index (χ2n) is 4.88. The highest BCUT2D eigenvalue weighted by atomic mass is 32.2. The molecule has 2 saturated heterocycles. The largest absolute Gasteiger partial charge is 0.476 e. The molecule has 2 aliphatic rings. The number of aromatic carboxylic acids is 1. The summed E-state index contributed by atoms with van der Waals surface area (Å²) in [4.78, 5) is 20.6. The van der Waals surface area contributed by atoms with E-state index in [0.717, 1.165) is 0 Å². The number of fused-ring (bicyclic) bond motifs is 1. The van der Waals surface area contributed by atoms with E-state index in [1.165, 1.54) is 12.4 Å². The number of sulfonamides is 1. The van der Waals surface area contributed by atoms with Crippen LogP contribution in [0.2, 0.25) is 0 Å². The zero-order valence-electron chi connectivity index (χ0n) is 10.6. The first kappa shape index (κ1) is 13.3. The zero-order valence-corrected chi connectivity index (χ0v) is 11.5. The van der Waals surface area contributed by atoms with E-state index in [1.807, 2.05) is 4.90 Å². The Morgan fingerprint density at radius 3 is 2.75 bits per heavy atom. The first-order valence-corrected chi connectivity index (χ1v) is 7.88. The van der Waals surface area contributed by atoms with E-state index in [4.69, 9.17) is 5.11 Å². The summed E-state index contributed by atoms with van der Waals surface area (Å²) in [5, 5.41) is 8.78. The molecule has 108 valence electrons. The number of rotatable bonds is 2. The third kappa shape index (κ3) is 2.22. The maximum absolute atomic E-state index is 11.8. The SMILES string of the molecule is O=C(O)c1cnc(N2CCN3C(CCS3(=O)=O)C2)cn1. The van der Waals surface area contributed by atoms with Gasteiger partial charge in [-0.2, -0.15) is 4.31 Å². The second kappa shape index (κ2) is 4.67. The van der Waals surface area contributed by atoms with Gasteiger partial charge in [0.15, 0.2) is 5.69 Å². The number of aromatic nitrogens is 2. The van der Waals surface area contributed by atoms with Gasteiger partial charge in [0.2, 0.25) is 10.0 Å². The number of anilines is 1. The molecule has 0 saturated carbocycles. The fraction of sp³-hybridized carbons (Fsp3) is 0.545. The molecule has 20 heavy (non-hydrogen) atoms. The van der Waals surface area contributed by atoms with Gasteiger partial charge in [-0.3, -0.25) is 0 Å². The lowest BCUT2D eigenvalue weighted by Crippen LogP contribution is -2.51. The van der Waals surface area contributed by atoms with Crippen molar-refractivity contribution in [1.82, 2.24) is 14.3 Å².